The molecule has 0 aromatic heterocycles. The molecular weight excluding hydrogens is 475 g/mol. The number of rotatable bonds is 10. The Kier molecular flexibility index (Phi) is 8.08. The summed E-state index contributed by atoms with van der Waals surface area (Å²) in [6.07, 6.45) is 1.96. The van der Waals surface area contributed by atoms with Gasteiger partial charge in [-0.05, 0) is 84.5 Å². The Morgan fingerprint density at radius 2 is 1.33 bits per heavy atom. The van der Waals surface area contributed by atoms with Gasteiger partial charge in [-0.15, -0.1) is 0 Å². The molecule has 36 heavy (non-hydrogen) atoms. The number of alkyl halides is 2. The van der Waals surface area contributed by atoms with Crippen molar-refractivity contribution in [2.75, 3.05) is 6.61 Å². The Balaban J connectivity index is 1.43. The van der Waals surface area contributed by atoms with E-state index in [1.54, 1.807) is 12.1 Å². The lowest BCUT2D eigenvalue weighted by Gasteiger charge is -2.11. The highest BCUT2D eigenvalue weighted by Gasteiger charge is 2.17. The molecule has 0 aliphatic carbocycles. The normalized spacial score (nSPS) is 11.3. The molecule has 7 heteroatoms. The van der Waals surface area contributed by atoms with Crippen molar-refractivity contribution in [2.24, 2.45) is 0 Å². The molecule has 0 atom stereocenters. The first-order valence-electron chi connectivity index (χ1n) is 11.7. The zero-order valence-electron chi connectivity index (χ0n) is 19.7. The lowest BCUT2D eigenvalue weighted by Crippen LogP contribution is -2.06. The van der Waals surface area contributed by atoms with Crippen LogP contribution in [-0.2, 0) is 25.7 Å². The van der Waals surface area contributed by atoms with Gasteiger partial charge in [-0.2, -0.15) is 8.78 Å². The van der Waals surface area contributed by atoms with Gasteiger partial charge in [0.05, 0.1) is 6.61 Å². The van der Waals surface area contributed by atoms with Gasteiger partial charge < -0.3 is 9.47 Å². The van der Waals surface area contributed by atoms with Crippen LogP contribution < -0.4 is 9.47 Å². The third kappa shape index (κ3) is 6.14. The lowest BCUT2D eigenvalue weighted by molar-refractivity contribution is -0.0546. The molecule has 0 amide bonds. The molecule has 4 rings (SSSR count). The van der Waals surface area contributed by atoms with Crippen molar-refractivity contribution in [1.82, 2.24) is 0 Å². The predicted molar refractivity (Wildman–Crippen MR) is 129 cm³/mol. The van der Waals surface area contributed by atoms with Gasteiger partial charge in [0.1, 0.15) is 11.6 Å². The van der Waals surface area contributed by atoms with E-state index in [0.29, 0.717) is 17.6 Å². The topological polar surface area (TPSA) is 18.5 Å². The quantitative estimate of drug-likeness (QED) is 0.207. The summed E-state index contributed by atoms with van der Waals surface area (Å²) in [5.74, 6) is -3.11. The largest absolute Gasteiger partial charge is 0.494 e. The first-order chi connectivity index (χ1) is 17.3. The number of hydrogen-bond donors (Lipinski definition) is 0. The van der Waals surface area contributed by atoms with Crippen LogP contribution >= 0.6 is 0 Å². The zero-order chi connectivity index (χ0) is 25.7. The van der Waals surface area contributed by atoms with Gasteiger partial charge in [0.15, 0.2) is 17.4 Å². The summed E-state index contributed by atoms with van der Waals surface area (Å²) in [7, 11) is 0. The highest BCUT2D eigenvalue weighted by molar-refractivity contribution is 5.84. The van der Waals surface area contributed by atoms with E-state index in [9.17, 15) is 17.6 Å². The maximum absolute atomic E-state index is 15.2. The first-order valence-corrected chi connectivity index (χ1v) is 11.7. The smallest absolute Gasteiger partial charge is 0.387 e. The summed E-state index contributed by atoms with van der Waals surface area (Å²) in [6, 6.07) is 18.9. The second kappa shape index (κ2) is 11.4. The predicted octanol–water partition coefficient (Wildman–Crippen LogP) is 7.83. The number of hydrogen-bond acceptors (Lipinski definition) is 2. The molecule has 0 N–H and O–H groups in total. The van der Waals surface area contributed by atoms with Gasteiger partial charge in [-0.1, -0.05) is 42.5 Å². The van der Waals surface area contributed by atoms with E-state index in [2.05, 4.69) is 4.74 Å². The summed E-state index contributed by atoms with van der Waals surface area (Å²) >= 11 is 0. The first kappa shape index (κ1) is 25.5. The van der Waals surface area contributed by atoms with Gasteiger partial charge in [-0.3, -0.25) is 0 Å². The van der Waals surface area contributed by atoms with E-state index in [4.69, 9.17) is 4.74 Å². The maximum atomic E-state index is 15.2. The third-order valence-electron chi connectivity index (χ3n) is 5.98. The third-order valence-corrected chi connectivity index (χ3v) is 5.98. The number of ether oxygens (including phenoxy) is 2. The van der Waals surface area contributed by atoms with Crippen LogP contribution in [0.4, 0.5) is 22.0 Å². The second-order valence-corrected chi connectivity index (χ2v) is 8.44. The highest BCUT2D eigenvalue weighted by Crippen LogP contribution is 2.27. The average Bonchev–Trinajstić information content (AvgIpc) is 2.85. The van der Waals surface area contributed by atoms with Crippen LogP contribution in [0.3, 0.4) is 0 Å². The number of aryl methyl sites for hydroxylation is 4. The van der Waals surface area contributed by atoms with Crippen molar-refractivity contribution < 1.29 is 31.4 Å². The minimum Gasteiger partial charge on any atom is -0.494 e. The number of benzene rings is 4. The molecule has 0 bridgehead atoms. The number of halogens is 5. The summed E-state index contributed by atoms with van der Waals surface area (Å²) in [6.45, 7) is -0.770. The lowest BCUT2D eigenvalue weighted by atomic mass is 9.97. The van der Waals surface area contributed by atoms with Crippen molar-refractivity contribution in [3.8, 4) is 11.5 Å². The van der Waals surface area contributed by atoms with E-state index in [1.807, 2.05) is 49.4 Å². The van der Waals surface area contributed by atoms with Gasteiger partial charge in [0.25, 0.3) is 0 Å². The Bertz CT molecular complexity index is 1310. The summed E-state index contributed by atoms with van der Waals surface area (Å²) in [5.41, 5.74) is 2.89. The van der Waals surface area contributed by atoms with Crippen molar-refractivity contribution in [2.45, 2.75) is 39.2 Å². The highest BCUT2D eigenvalue weighted by atomic mass is 19.3. The molecule has 0 aliphatic rings. The zero-order valence-corrected chi connectivity index (χ0v) is 19.7. The Morgan fingerprint density at radius 1 is 0.694 bits per heavy atom. The van der Waals surface area contributed by atoms with Crippen LogP contribution in [0.2, 0.25) is 0 Å². The van der Waals surface area contributed by atoms with E-state index in [1.165, 1.54) is 5.56 Å². The van der Waals surface area contributed by atoms with E-state index < -0.39 is 24.0 Å². The second-order valence-electron chi connectivity index (χ2n) is 8.44. The summed E-state index contributed by atoms with van der Waals surface area (Å²) < 4.78 is 77.0. The van der Waals surface area contributed by atoms with Gasteiger partial charge in [-0.25, -0.2) is 13.2 Å². The fourth-order valence-electron chi connectivity index (χ4n) is 4.18. The molecule has 0 radical (unpaired) electrons. The van der Waals surface area contributed by atoms with Crippen molar-refractivity contribution in [3.05, 3.63) is 106 Å². The fraction of sp³-hybridized carbons (Fsp3) is 0.241. The van der Waals surface area contributed by atoms with Gasteiger partial charge in [0, 0.05) is 5.39 Å². The molecule has 2 nitrogen and oxygen atoms in total. The summed E-state index contributed by atoms with van der Waals surface area (Å²) in [4.78, 5) is 0. The minimum absolute atomic E-state index is 0.130. The van der Waals surface area contributed by atoms with Crippen LogP contribution in [0.25, 0.3) is 10.8 Å². The molecule has 0 saturated carbocycles. The Labute approximate surface area is 206 Å². The number of fused-ring (bicyclic) bond motifs is 1. The Morgan fingerprint density at radius 3 is 2.00 bits per heavy atom. The van der Waals surface area contributed by atoms with Gasteiger partial charge >= 0.3 is 6.61 Å². The molecule has 0 spiro atoms. The van der Waals surface area contributed by atoms with Crippen LogP contribution in [0.1, 0.15) is 29.2 Å². The van der Waals surface area contributed by atoms with E-state index >= 15 is 4.39 Å². The van der Waals surface area contributed by atoms with Crippen LogP contribution in [0.5, 0.6) is 11.5 Å². The molecule has 4 aromatic rings. The van der Waals surface area contributed by atoms with Crippen molar-refractivity contribution in [3.63, 3.8) is 0 Å². The molecule has 0 unspecified atom stereocenters. The molecule has 188 valence electrons. The van der Waals surface area contributed by atoms with E-state index in [-0.39, 0.29) is 24.2 Å². The Hall–Kier alpha value is -3.61. The molecule has 0 aliphatic heterocycles. The molecule has 4 aromatic carbocycles. The van der Waals surface area contributed by atoms with Gasteiger partial charge in [0.2, 0.25) is 0 Å². The molecule has 0 heterocycles. The molecule has 0 saturated heterocycles. The maximum Gasteiger partial charge on any atom is 0.387 e. The van der Waals surface area contributed by atoms with Crippen LogP contribution in [0, 0.1) is 17.5 Å². The molecular formula is C29H25F5O2. The van der Waals surface area contributed by atoms with Crippen molar-refractivity contribution in [1.29, 1.82) is 0 Å². The summed E-state index contributed by atoms with van der Waals surface area (Å²) in [5, 5.41) is 1.24. The minimum atomic E-state index is -3.33. The van der Waals surface area contributed by atoms with Crippen LogP contribution in [0.15, 0.2) is 66.7 Å². The standard InChI is InChI=1S/C29H25F5O2/c1-2-35-23-12-6-18(7-13-23)3-4-19-8-14-24-22(15-19)11-10-21(27(24)32)9-5-20-16-25(30)28(26(31)17-20)36-29(33)34/h6-8,10-17,29H,2-5,9H2,1H3. The molecule has 0 fully saturated rings. The SMILES string of the molecule is CCOc1ccc(CCc2ccc3c(F)c(CCc4cc(F)c(OC(F)F)c(F)c4)ccc3c2)cc1. The van der Waals surface area contributed by atoms with Crippen molar-refractivity contribution >= 4 is 10.8 Å². The average molecular weight is 501 g/mol. The monoisotopic (exact) mass is 500 g/mol. The fourth-order valence-corrected chi connectivity index (χ4v) is 4.18. The van der Waals surface area contributed by atoms with Crippen LogP contribution in [-0.4, -0.2) is 13.2 Å². The van der Waals surface area contributed by atoms with E-state index in [0.717, 1.165) is 41.7 Å².